The molecule has 0 rings (SSSR count). The highest BCUT2D eigenvalue weighted by Crippen LogP contribution is 2.03. The first-order chi connectivity index (χ1) is 6.60. The van der Waals surface area contributed by atoms with E-state index in [1.807, 2.05) is 19.9 Å². The number of carbonyl (C=O) groups is 1. The summed E-state index contributed by atoms with van der Waals surface area (Å²) in [5, 5.41) is 0. The molecule has 0 radical (unpaired) electrons. The average molecular weight is 194 g/mol. The van der Waals surface area contributed by atoms with E-state index in [0.717, 1.165) is 12.0 Å². The van der Waals surface area contributed by atoms with E-state index in [9.17, 15) is 4.79 Å². The molecule has 2 heteroatoms. The second-order valence-corrected chi connectivity index (χ2v) is 3.14. The van der Waals surface area contributed by atoms with Gasteiger partial charge in [-0.25, -0.2) is 4.79 Å². The fraction of sp³-hybridized carbons (Fsp3) is 0.417. The highest BCUT2D eigenvalue weighted by molar-refractivity contribution is 5.81. The van der Waals surface area contributed by atoms with Gasteiger partial charge in [-0.2, -0.15) is 0 Å². The summed E-state index contributed by atoms with van der Waals surface area (Å²) in [5.74, 6) is -0.287. The fourth-order valence-electron chi connectivity index (χ4n) is 0.857. The van der Waals surface area contributed by atoms with Crippen molar-refractivity contribution in [2.75, 3.05) is 0 Å². The first kappa shape index (κ1) is 12.7. The van der Waals surface area contributed by atoms with Gasteiger partial charge in [-0.3, -0.25) is 0 Å². The summed E-state index contributed by atoms with van der Waals surface area (Å²) < 4.78 is 5.08. The first-order valence-electron chi connectivity index (χ1n) is 4.72. The number of hydrogen-bond acceptors (Lipinski definition) is 2. The predicted molar refractivity (Wildman–Crippen MR) is 58.9 cm³/mol. The molecule has 0 bridgehead atoms. The summed E-state index contributed by atoms with van der Waals surface area (Å²) in [7, 11) is 0. The maximum Gasteiger partial charge on any atom is 0.330 e. The normalized spacial score (nSPS) is 14.1. The maximum atomic E-state index is 11.0. The van der Waals surface area contributed by atoms with Crippen LogP contribution in [0.15, 0.2) is 36.5 Å². The lowest BCUT2D eigenvalue weighted by Crippen LogP contribution is -2.11. The van der Waals surface area contributed by atoms with Gasteiger partial charge in [0.15, 0.2) is 0 Å². The number of esters is 1. The number of rotatable bonds is 5. The van der Waals surface area contributed by atoms with Gasteiger partial charge in [-0.05, 0) is 20.8 Å². The van der Waals surface area contributed by atoms with E-state index >= 15 is 0 Å². The highest BCUT2D eigenvalue weighted by atomic mass is 16.5. The Morgan fingerprint density at radius 2 is 2.21 bits per heavy atom. The third-order valence-electron chi connectivity index (χ3n) is 1.71. The smallest absolute Gasteiger partial charge is 0.330 e. The second kappa shape index (κ2) is 7.13. The van der Waals surface area contributed by atoms with Gasteiger partial charge in [0.25, 0.3) is 0 Å². The van der Waals surface area contributed by atoms with Crippen LogP contribution in [0.4, 0.5) is 0 Å². The number of ether oxygens (including phenoxy) is 1. The molecule has 14 heavy (non-hydrogen) atoms. The third kappa shape index (κ3) is 6.23. The van der Waals surface area contributed by atoms with Crippen molar-refractivity contribution in [2.24, 2.45) is 0 Å². The largest absolute Gasteiger partial charge is 0.459 e. The van der Waals surface area contributed by atoms with Crippen molar-refractivity contribution < 1.29 is 9.53 Å². The molecule has 0 aliphatic carbocycles. The van der Waals surface area contributed by atoms with Crippen LogP contribution < -0.4 is 0 Å². The van der Waals surface area contributed by atoms with Crippen molar-refractivity contribution in [3.05, 3.63) is 36.5 Å². The van der Waals surface area contributed by atoms with Crippen molar-refractivity contribution in [1.29, 1.82) is 0 Å². The molecule has 0 aromatic carbocycles. The van der Waals surface area contributed by atoms with Crippen molar-refractivity contribution in [1.82, 2.24) is 0 Å². The number of allylic oxidation sites excluding steroid dienone is 3. The van der Waals surface area contributed by atoms with Gasteiger partial charge < -0.3 is 4.74 Å². The molecule has 2 nitrogen and oxygen atoms in total. The minimum Gasteiger partial charge on any atom is -0.459 e. The number of carbonyl (C=O) groups excluding carboxylic acids is 1. The molecule has 0 fully saturated rings. The quantitative estimate of drug-likeness (QED) is 0.382. The fourth-order valence-corrected chi connectivity index (χ4v) is 0.857. The molecule has 0 aliphatic heterocycles. The molecule has 0 aromatic heterocycles. The second-order valence-electron chi connectivity index (χ2n) is 3.14. The van der Waals surface area contributed by atoms with E-state index in [1.54, 1.807) is 19.1 Å². The Morgan fingerprint density at radius 3 is 2.71 bits per heavy atom. The molecule has 0 aromatic rings. The average Bonchev–Trinajstić information content (AvgIpc) is 2.14. The van der Waals surface area contributed by atoms with Crippen LogP contribution in [0, 0.1) is 0 Å². The Morgan fingerprint density at radius 1 is 1.57 bits per heavy atom. The summed E-state index contributed by atoms with van der Waals surface area (Å²) in [6, 6.07) is 0. The molecule has 0 amide bonds. The lowest BCUT2D eigenvalue weighted by molar-refractivity contribution is -0.141. The molecule has 1 atom stereocenters. The van der Waals surface area contributed by atoms with E-state index < -0.39 is 0 Å². The topological polar surface area (TPSA) is 26.3 Å². The molecule has 0 unspecified atom stereocenters. The van der Waals surface area contributed by atoms with Crippen LogP contribution in [-0.2, 0) is 9.53 Å². The molecule has 0 saturated heterocycles. The Hall–Kier alpha value is -1.31. The van der Waals surface area contributed by atoms with E-state index in [1.165, 1.54) is 6.08 Å². The van der Waals surface area contributed by atoms with E-state index in [-0.39, 0.29) is 12.1 Å². The van der Waals surface area contributed by atoms with Gasteiger partial charge in [-0.15, -0.1) is 0 Å². The minimum atomic E-state index is -0.287. The van der Waals surface area contributed by atoms with Crippen molar-refractivity contribution in [3.8, 4) is 0 Å². The molecule has 0 saturated carbocycles. The van der Waals surface area contributed by atoms with E-state index in [4.69, 9.17) is 4.74 Å². The molecule has 0 spiro atoms. The van der Waals surface area contributed by atoms with Gasteiger partial charge in [0.2, 0.25) is 0 Å². The van der Waals surface area contributed by atoms with Gasteiger partial charge in [0.1, 0.15) is 6.10 Å². The van der Waals surface area contributed by atoms with Crippen molar-refractivity contribution in [3.63, 3.8) is 0 Å². The standard InChI is InChI=1S/C12H18O2/c1-5-7-12(13)14-11(4)9-8-10(3)6-2/h5-8,11H,2,9H2,1,3-4H3/b7-5+,10-8+/t11-/m0/s1. The summed E-state index contributed by atoms with van der Waals surface area (Å²) in [4.78, 5) is 11.0. The van der Waals surface area contributed by atoms with Gasteiger partial charge >= 0.3 is 5.97 Å². The molecule has 78 valence electrons. The van der Waals surface area contributed by atoms with Crippen molar-refractivity contribution >= 4 is 5.97 Å². The van der Waals surface area contributed by atoms with Gasteiger partial charge in [0, 0.05) is 12.5 Å². The highest BCUT2D eigenvalue weighted by Gasteiger charge is 2.03. The summed E-state index contributed by atoms with van der Waals surface area (Å²) in [5.41, 5.74) is 1.10. The maximum absolute atomic E-state index is 11.0. The number of hydrogen-bond donors (Lipinski definition) is 0. The molecular formula is C12H18O2. The molecular weight excluding hydrogens is 176 g/mol. The zero-order valence-electron chi connectivity index (χ0n) is 9.12. The third-order valence-corrected chi connectivity index (χ3v) is 1.71. The molecule has 0 aliphatic rings. The zero-order chi connectivity index (χ0) is 11.0. The lowest BCUT2D eigenvalue weighted by Gasteiger charge is -2.09. The summed E-state index contributed by atoms with van der Waals surface area (Å²) >= 11 is 0. The van der Waals surface area contributed by atoms with E-state index in [0.29, 0.717) is 0 Å². The minimum absolute atomic E-state index is 0.0893. The van der Waals surface area contributed by atoms with Crippen LogP contribution in [0.3, 0.4) is 0 Å². The van der Waals surface area contributed by atoms with Crippen LogP contribution in [0.25, 0.3) is 0 Å². The SMILES string of the molecule is C=C/C(C)=C/C[C@H](C)OC(=O)/C=C/C. The Labute approximate surface area is 86.0 Å². The Balaban J connectivity index is 3.92. The Bertz CT molecular complexity index is 249. The van der Waals surface area contributed by atoms with Crippen LogP contribution >= 0.6 is 0 Å². The van der Waals surface area contributed by atoms with Crippen LogP contribution in [0.2, 0.25) is 0 Å². The van der Waals surface area contributed by atoms with Gasteiger partial charge in [-0.1, -0.05) is 30.4 Å². The first-order valence-corrected chi connectivity index (χ1v) is 4.72. The van der Waals surface area contributed by atoms with Crippen LogP contribution in [-0.4, -0.2) is 12.1 Å². The monoisotopic (exact) mass is 194 g/mol. The molecule has 0 N–H and O–H groups in total. The lowest BCUT2D eigenvalue weighted by atomic mass is 10.2. The predicted octanol–water partition coefficient (Wildman–Crippen LogP) is 3.02. The Kier molecular flexibility index (Phi) is 6.46. The van der Waals surface area contributed by atoms with Crippen LogP contribution in [0.1, 0.15) is 27.2 Å². The van der Waals surface area contributed by atoms with Gasteiger partial charge in [0.05, 0.1) is 0 Å². The summed E-state index contributed by atoms with van der Waals surface area (Å²) in [6.45, 7) is 9.26. The van der Waals surface area contributed by atoms with Crippen LogP contribution in [0.5, 0.6) is 0 Å². The molecule has 0 heterocycles. The van der Waals surface area contributed by atoms with Crippen molar-refractivity contribution in [2.45, 2.75) is 33.3 Å². The zero-order valence-corrected chi connectivity index (χ0v) is 9.12. The van der Waals surface area contributed by atoms with E-state index in [2.05, 4.69) is 6.58 Å². The summed E-state index contributed by atoms with van der Waals surface area (Å²) in [6.07, 6.45) is 7.50.